The molecule has 1 saturated carbocycles. The van der Waals surface area contributed by atoms with Crippen molar-refractivity contribution < 1.29 is 4.79 Å². The Kier molecular flexibility index (Phi) is 3.57. The summed E-state index contributed by atoms with van der Waals surface area (Å²) in [5, 5.41) is 0. The molecule has 0 atom stereocenters. The summed E-state index contributed by atoms with van der Waals surface area (Å²) >= 11 is 0. The van der Waals surface area contributed by atoms with Crippen molar-refractivity contribution in [2.24, 2.45) is 5.84 Å². The molecule has 0 saturated heterocycles. The lowest BCUT2D eigenvalue weighted by Crippen LogP contribution is -2.31. The van der Waals surface area contributed by atoms with E-state index in [4.69, 9.17) is 5.84 Å². The fourth-order valence-corrected chi connectivity index (χ4v) is 2.55. The molecule has 0 radical (unpaired) electrons. The Labute approximate surface area is 96.0 Å². The largest absolute Gasteiger partial charge is 0.290 e. The molecule has 1 aliphatic rings. The van der Waals surface area contributed by atoms with Crippen LogP contribution >= 0.6 is 0 Å². The number of amides is 1. The molecule has 2 rings (SSSR count). The summed E-state index contributed by atoms with van der Waals surface area (Å²) in [6, 6.07) is 7.79. The Morgan fingerprint density at radius 3 is 2.56 bits per heavy atom. The number of nitrogens with one attached hydrogen (secondary N) is 1. The van der Waals surface area contributed by atoms with E-state index in [1.54, 1.807) is 0 Å². The highest BCUT2D eigenvalue weighted by Gasteiger charge is 2.20. The standard InChI is InChI=1S/C13H18N2O/c14-15-13(16)12-9-5-4-8-11(12)10-6-2-1-3-7-10/h4-5,8-10H,1-3,6-7,14H2,(H,15,16). The molecule has 3 N–H and O–H groups in total. The zero-order valence-electron chi connectivity index (χ0n) is 9.41. The van der Waals surface area contributed by atoms with Gasteiger partial charge in [-0.3, -0.25) is 10.2 Å². The quantitative estimate of drug-likeness (QED) is 0.455. The molecular weight excluding hydrogens is 200 g/mol. The summed E-state index contributed by atoms with van der Waals surface area (Å²) in [5.41, 5.74) is 4.11. The molecule has 1 aliphatic carbocycles. The molecule has 1 fully saturated rings. The van der Waals surface area contributed by atoms with Gasteiger partial charge in [0.1, 0.15) is 0 Å². The maximum absolute atomic E-state index is 11.6. The van der Waals surface area contributed by atoms with E-state index < -0.39 is 0 Å². The molecule has 3 heteroatoms. The highest BCUT2D eigenvalue weighted by atomic mass is 16.2. The number of hydrogen-bond acceptors (Lipinski definition) is 2. The average molecular weight is 218 g/mol. The molecule has 1 aromatic carbocycles. The summed E-state index contributed by atoms with van der Waals surface area (Å²) in [6.45, 7) is 0. The van der Waals surface area contributed by atoms with Gasteiger partial charge in [-0.05, 0) is 30.4 Å². The van der Waals surface area contributed by atoms with Crippen LogP contribution in [0.15, 0.2) is 24.3 Å². The third-order valence-corrected chi connectivity index (χ3v) is 3.38. The molecule has 0 bridgehead atoms. The number of hydrogen-bond donors (Lipinski definition) is 2. The van der Waals surface area contributed by atoms with Crippen LogP contribution in [0, 0.1) is 0 Å². The van der Waals surface area contributed by atoms with Crippen LogP contribution in [-0.2, 0) is 0 Å². The van der Waals surface area contributed by atoms with Crippen LogP contribution < -0.4 is 11.3 Å². The van der Waals surface area contributed by atoms with Crippen molar-refractivity contribution in [2.45, 2.75) is 38.0 Å². The minimum Gasteiger partial charge on any atom is -0.290 e. The van der Waals surface area contributed by atoms with Crippen LogP contribution in [0.5, 0.6) is 0 Å². The van der Waals surface area contributed by atoms with Crippen molar-refractivity contribution in [3.63, 3.8) is 0 Å². The summed E-state index contributed by atoms with van der Waals surface area (Å²) in [7, 11) is 0. The van der Waals surface area contributed by atoms with Crippen LogP contribution in [0.25, 0.3) is 0 Å². The first-order valence-corrected chi connectivity index (χ1v) is 5.93. The van der Waals surface area contributed by atoms with E-state index in [1.165, 1.54) is 32.1 Å². The molecule has 86 valence electrons. The fourth-order valence-electron chi connectivity index (χ4n) is 2.55. The number of benzene rings is 1. The molecular formula is C13H18N2O. The van der Waals surface area contributed by atoms with E-state index in [0.717, 1.165) is 11.1 Å². The molecule has 1 amide bonds. The Balaban J connectivity index is 2.28. The smallest absolute Gasteiger partial charge is 0.265 e. The summed E-state index contributed by atoms with van der Waals surface area (Å²) < 4.78 is 0. The van der Waals surface area contributed by atoms with E-state index in [9.17, 15) is 4.79 Å². The number of nitrogen functional groups attached to an aromatic ring is 1. The van der Waals surface area contributed by atoms with Gasteiger partial charge in [-0.25, -0.2) is 5.84 Å². The van der Waals surface area contributed by atoms with Gasteiger partial charge in [-0.1, -0.05) is 37.5 Å². The SMILES string of the molecule is NNC(=O)c1ccccc1C1CCCCC1. The molecule has 16 heavy (non-hydrogen) atoms. The van der Waals surface area contributed by atoms with Gasteiger partial charge in [0, 0.05) is 5.56 Å². The van der Waals surface area contributed by atoms with E-state index >= 15 is 0 Å². The Bertz CT molecular complexity index is 370. The third kappa shape index (κ3) is 2.25. The van der Waals surface area contributed by atoms with Crippen LogP contribution in [0.3, 0.4) is 0 Å². The minimum atomic E-state index is -0.179. The van der Waals surface area contributed by atoms with Crippen LogP contribution in [0.2, 0.25) is 0 Å². The zero-order chi connectivity index (χ0) is 11.4. The second-order valence-electron chi connectivity index (χ2n) is 4.40. The topological polar surface area (TPSA) is 55.1 Å². The highest BCUT2D eigenvalue weighted by Crippen LogP contribution is 2.34. The monoisotopic (exact) mass is 218 g/mol. The number of carbonyl (C=O) groups excluding carboxylic acids is 1. The van der Waals surface area contributed by atoms with Gasteiger partial charge in [0.2, 0.25) is 0 Å². The van der Waals surface area contributed by atoms with Gasteiger partial charge in [-0.15, -0.1) is 0 Å². The first-order valence-electron chi connectivity index (χ1n) is 5.93. The molecule has 0 unspecified atom stereocenters. The van der Waals surface area contributed by atoms with Crippen LogP contribution in [-0.4, -0.2) is 5.91 Å². The van der Waals surface area contributed by atoms with Crippen LogP contribution in [0.1, 0.15) is 53.9 Å². The molecule has 0 spiro atoms. The van der Waals surface area contributed by atoms with Crippen molar-refractivity contribution in [1.29, 1.82) is 0 Å². The van der Waals surface area contributed by atoms with Crippen molar-refractivity contribution in [1.82, 2.24) is 5.43 Å². The molecule has 1 aromatic rings. The summed E-state index contributed by atoms with van der Waals surface area (Å²) in [4.78, 5) is 11.6. The van der Waals surface area contributed by atoms with Gasteiger partial charge in [0.15, 0.2) is 0 Å². The maximum Gasteiger partial charge on any atom is 0.265 e. The van der Waals surface area contributed by atoms with Gasteiger partial charge < -0.3 is 0 Å². The fraction of sp³-hybridized carbons (Fsp3) is 0.462. The van der Waals surface area contributed by atoms with E-state index in [0.29, 0.717) is 5.92 Å². The number of hydrazine groups is 1. The molecule has 0 aliphatic heterocycles. The average Bonchev–Trinajstić information content (AvgIpc) is 2.39. The normalized spacial score (nSPS) is 17.1. The van der Waals surface area contributed by atoms with E-state index in [-0.39, 0.29) is 5.91 Å². The number of carbonyl (C=O) groups is 1. The summed E-state index contributed by atoms with van der Waals surface area (Å²) in [5.74, 6) is 5.55. The lowest BCUT2D eigenvalue weighted by Gasteiger charge is -2.23. The zero-order valence-corrected chi connectivity index (χ0v) is 9.41. The Morgan fingerprint density at radius 1 is 1.19 bits per heavy atom. The third-order valence-electron chi connectivity index (χ3n) is 3.38. The lowest BCUT2D eigenvalue weighted by atomic mass is 9.82. The van der Waals surface area contributed by atoms with Crippen molar-refractivity contribution in [2.75, 3.05) is 0 Å². The van der Waals surface area contributed by atoms with E-state index in [2.05, 4.69) is 11.5 Å². The lowest BCUT2D eigenvalue weighted by molar-refractivity contribution is 0.0952. The maximum atomic E-state index is 11.6. The van der Waals surface area contributed by atoms with E-state index in [1.807, 2.05) is 18.2 Å². The predicted octanol–water partition coefficient (Wildman–Crippen LogP) is 2.34. The Morgan fingerprint density at radius 2 is 1.88 bits per heavy atom. The molecule has 3 nitrogen and oxygen atoms in total. The molecule has 0 aromatic heterocycles. The van der Waals surface area contributed by atoms with Crippen LogP contribution in [0.4, 0.5) is 0 Å². The molecule has 0 heterocycles. The highest BCUT2D eigenvalue weighted by molar-refractivity contribution is 5.95. The van der Waals surface area contributed by atoms with Crippen molar-refractivity contribution in [3.05, 3.63) is 35.4 Å². The van der Waals surface area contributed by atoms with Gasteiger partial charge in [0.25, 0.3) is 5.91 Å². The second-order valence-corrected chi connectivity index (χ2v) is 4.40. The van der Waals surface area contributed by atoms with Crippen molar-refractivity contribution in [3.8, 4) is 0 Å². The first kappa shape index (κ1) is 11.1. The van der Waals surface area contributed by atoms with Gasteiger partial charge in [0.05, 0.1) is 0 Å². The number of nitrogens with two attached hydrogens (primary N) is 1. The second kappa shape index (κ2) is 5.12. The van der Waals surface area contributed by atoms with Gasteiger partial charge >= 0.3 is 0 Å². The summed E-state index contributed by atoms with van der Waals surface area (Å²) in [6.07, 6.45) is 6.23. The predicted molar refractivity (Wildman–Crippen MR) is 63.9 cm³/mol. The Hall–Kier alpha value is -1.35. The number of rotatable bonds is 2. The minimum absolute atomic E-state index is 0.179. The van der Waals surface area contributed by atoms with Crippen molar-refractivity contribution >= 4 is 5.91 Å². The van der Waals surface area contributed by atoms with Gasteiger partial charge in [-0.2, -0.15) is 0 Å². The first-order chi connectivity index (χ1) is 7.83.